The van der Waals surface area contributed by atoms with Crippen molar-refractivity contribution in [3.05, 3.63) is 0 Å². The van der Waals surface area contributed by atoms with E-state index in [2.05, 4.69) is 6.92 Å². The maximum atomic E-state index is 11.8. The highest BCUT2D eigenvalue weighted by molar-refractivity contribution is 5.76. The normalized spacial score (nSPS) is 14.8. The summed E-state index contributed by atoms with van der Waals surface area (Å²) in [6.45, 7) is 9.23. The Bertz CT molecular complexity index is 201. The SMILES string of the molecule is CC.CCCCCCCCCC(=O)N1CCOCC1. The van der Waals surface area contributed by atoms with Gasteiger partial charge in [-0.1, -0.05) is 59.3 Å². The molecule has 3 heteroatoms. The van der Waals surface area contributed by atoms with Crippen LogP contribution in [0.3, 0.4) is 0 Å². The van der Waals surface area contributed by atoms with Crippen LogP contribution in [0.4, 0.5) is 0 Å². The van der Waals surface area contributed by atoms with Crippen LogP contribution in [0.5, 0.6) is 0 Å². The zero-order chi connectivity index (χ0) is 14.3. The summed E-state index contributed by atoms with van der Waals surface area (Å²) in [5.74, 6) is 0.321. The van der Waals surface area contributed by atoms with Gasteiger partial charge in [-0.25, -0.2) is 0 Å². The first-order valence-corrected chi connectivity index (χ1v) is 8.20. The van der Waals surface area contributed by atoms with Crippen LogP contribution in [0.2, 0.25) is 0 Å². The average Bonchev–Trinajstić information content (AvgIpc) is 2.49. The summed E-state index contributed by atoms with van der Waals surface area (Å²) >= 11 is 0. The third kappa shape index (κ3) is 9.94. The molecule has 1 saturated heterocycles. The lowest BCUT2D eigenvalue weighted by Crippen LogP contribution is -2.40. The number of hydrogen-bond donors (Lipinski definition) is 0. The van der Waals surface area contributed by atoms with E-state index in [9.17, 15) is 4.79 Å². The lowest BCUT2D eigenvalue weighted by atomic mass is 10.1. The van der Waals surface area contributed by atoms with Gasteiger partial charge < -0.3 is 9.64 Å². The molecule has 0 saturated carbocycles. The predicted octanol–water partition coefficient (Wildman–Crippen LogP) is 4.01. The van der Waals surface area contributed by atoms with E-state index in [1.807, 2.05) is 18.7 Å². The van der Waals surface area contributed by atoms with E-state index in [0.717, 1.165) is 25.9 Å². The molecule has 0 aromatic carbocycles. The zero-order valence-electron chi connectivity index (χ0n) is 13.2. The van der Waals surface area contributed by atoms with E-state index < -0.39 is 0 Å². The summed E-state index contributed by atoms with van der Waals surface area (Å²) in [7, 11) is 0. The zero-order valence-corrected chi connectivity index (χ0v) is 13.2. The van der Waals surface area contributed by atoms with Crippen LogP contribution in [-0.4, -0.2) is 37.1 Å². The number of unbranched alkanes of at least 4 members (excludes halogenated alkanes) is 6. The molecule has 1 rings (SSSR count). The standard InChI is InChI=1S/C14H27NO2.C2H6/c1-2-3-4-5-6-7-8-9-14(16)15-10-12-17-13-11-15;1-2/h2-13H2,1H3;1-2H3. The highest BCUT2D eigenvalue weighted by Gasteiger charge is 2.15. The lowest BCUT2D eigenvalue weighted by Gasteiger charge is -2.26. The topological polar surface area (TPSA) is 29.5 Å². The molecule has 3 nitrogen and oxygen atoms in total. The smallest absolute Gasteiger partial charge is 0.222 e. The van der Waals surface area contributed by atoms with E-state index in [4.69, 9.17) is 4.74 Å². The maximum absolute atomic E-state index is 11.8. The molecule has 1 fully saturated rings. The predicted molar refractivity (Wildman–Crippen MR) is 81.4 cm³/mol. The molecule has 0 radical (unpaired) electrons. The van der Waals surface area contributed by atoms with Gasteiger partial charge in [0.05, 0.1) is 13.2 Å². The van der Waals surface area contributed by atoms with Gasteiger partial charge in [-0.05, 0) is 6.42 Å². The summed E-state index contributed by atoms with van der Waals surface area (Å²) < 4.78 is 5.24. The Balaban J connectivity index is 0.00000154. The van der Waals surface area contributed by atoms with E-state index in [0.29, 0.717) is 19.1 Å². The molecular weight excluding hydrogens is 238 g/mol. The molecule has 1 amide bonds. The van der Waals surface area contributed by atoms with Gasteiger partial charge in [0, 0.05) is 19.5 Å². The van der Waals surface area contributed by atoms with Crippen molar-refractivity contribution in [2.24, 2.45) is 0 Å². The minimum atomic E-state index is 0.321. The monoisotopic (exact) mass is 271 g/mol. The number of amides is 1. The van der Waals surface area contributed by atoms with Crippen LogP contribution in [-0.2, 0) is 9.53 Å². The Morgan fingerprint density at radius 2 is 1.47 bits per heavy atom. The van der Waals surface area contributed by atoms with Crippen LogP contribution >= 0.6 is 0 Å². The van der Waals surface area contributed by atoms with Crippen LogP contribution < -0.4 is 0 Å². The number of rotatable bonds is 8. The lowest BCUT2D eigenvalue weighted by molar-refractivity contribution is -0.135. The van der Waals surface area contributed by atoms with Crippen molar-refractivity contribution in [1.82, 2.24) is 4.90 Å². The first kappa shape index (κ1) is 18.4. The Labute approximate surface area is 119 Å². The van der Waals surface area contributed by atoms with Gasteiger partial charge in [-0.3, -0.25) is 4.79 Å². The third-order valence-corrected chi connectivity index (χ3v) is 3.36. The molecule has 1 heterocycles. The van der Waals surface area contributed by atoms with E-state index in [-0.39, 0.29) is 0 Å². The molecule has 0 atom stereocenters. The molecule has 0 aromatic heterocycles. The fourth-order valence-electron chi connectivity index (χ4n) is 2.20. The molecule has 1 aliphatic heterocycles. The Morgan fingerprint density at radius 1 is 0.947 bits per heavy atom. The summed E-state index contributed by atoms with van der Waals surface area (Å²) in [6.07, 6.45) is 9.63. The molecule has 0 aromatic rings. The van der Waals surface area contributed by atoms with E-state index >= 15 is 0 Å². The number of carbonyl (C=O) groups is 1. The van der Waals surface area contributed by atoms with Gasteiger partial charge in [0.15, 0.2) is 0 Å². The van der Waals surface area contributed by atoms with Gasteiger partial charge >= 0.3 is 0 Å². The molecule has 0 N–H and O–H groups in total. The van der Waals surface area contributed by atoms with Crippen molar-refractivity contribution in [3.8, 4) is 0 Å². The second kappa shape index (κ2) is 13.9. The summed E-state index contributed by atoms with van der Waals surface area (Å²) in [5, 5.41) is 0. The number of carbonyl (C=O) groups excluding carboxylic acids is 1. The van der Waals surface area contributed by atoms with Crippen molar-refractivity contribution in [1.29, 1.82) is 0 Å². The molecule has 0 unspecified atom stereocenters. The van der Waals surface area contributed by atoms with Gasteiger partial charge in [0.2, 0.25) is 5.91 Å². The fourth-order valence-corrected chi connectivity index (χ4v) is 2.20. The van der Waals surface area contributed by atoms with Crippen LogP contribution in [0.15, 0.2) is 0 Å². The molecule has 114 valence electrons. The molecule has 1 aliphatic rings. The third-order valence-electron chi connectivity index (χ3n) is 3.36. The van der Waals surface area contributed by atoms with Crippen LogP contribution in [0, 0.1) is 0 Å². The highest BCUT2D eigenvalue weighted by atomic mass is 16.5. The Kier molecular flexibility index (Phi) is 13.4. The molecule has 0 bridgehead atoms. The van der Waals surface area contributed by atoms with Gasteiger partial charge in [-0.15, -0.1) is 0 Å². The van der Waals surface area contributed by atoms with Crippen molar-refractivity contribution in [3.63, 3.8) is 0 Å². The quantitative estimate of drug-likeness (QED) is 0.624. The summed E-state index contributed by atoms with van der Waals surface area (Å²) in [4.78, 5) is 13.7. The van der Waals surface area contributed by atoms with Crippen molar-refractivity contribution in [2.75, 3.05) is 26.3 Å². The number of ether oxygens (including phenoxy) is 1. The van der Waals surface area contributed by atoms with Crippen molar-refractivity contribution >= 4 is 5.91 Å². The van der Waals surface area contributed by atoms with Gasteiger partial charge in [0.1, 0.15) is 0 Å². The van der Waals surface area contributed by atoms with E-state index in [1.54, 1.807) is 0 Å². The molecule has 0 aliphatic carbocycles. The van der Waals surface area contributed by atoms with E-state index in [1.165, 1.54) is 38.5 Å². The summed E-state index contributed by atoms with van der Waals surface area (Å²) in [5.41, 5.74) is 0. The highest BCUT2D eigenvalue weighted by Crippen LogP contribution is 2.10. The molecular formula is C16H33NO2. The largest absolute Gasteiger partial charge is 0.378 e. The average molecular weight is 271 g/mol. The second-order valence-corrected chi connectivity index (χ2v) is 4.86. The van der Waals surface area contributed by atoms with Crippen LogP contribution in [0.1, 0.15) is 72.1 Å². The van der Waals surface area contributed by atoms with Crippen molar-refractivity contribution in [2.45, 2.75) is 72.1 Å². The number of nitrogens with zero attached hydrogens (tertiary/aromatic N) is 1. The maximum Gasteiger partial charge on any atom is 0.222 e. The minimum absolute atomic E-state index is 0.321. The van der Waals surface area contributed by atoms with Crippen molar-refractivity contribution < 1.29 is 9.53 Å². The first-order valence-electron chi connectivity index (χ1n) is 8.20. The van der Waals surface area contributed by atoms with Gasteiger partial charge in [0.25, 0.3) is 0 Å². The Morgan fingerprint density at radius 3 is 2.05 bits per heavy atom. The molecule has 0 spiro atoms. The second-order valence-electron chi connectivity index (χ2n) is 4.86. The molecule has 19 heavy (non-hydrogen) atoms. The first-order chi connectivity index (χ1) is 9.34. The van der Waals surface area contributed by atoms with Gasteiger partial charge in [-0.2, -0.15) is 0 Å². The summed E-state index contributed by atoms with van der Waals surface area (Å²) in [6, 6.07) is 0. The number of hydrogen-bond acceptors (Lipinski definition) is 2. The fraction of sp³-hybridized carbons (Fsp3) is 0.938. The minimum Gasteiger partial charge on any atom is -0.378 e. The Hall–Kier alpha value is -0.570. The number of morpholine rings is 1. The van der Waals surface area contributed by atoms with Crippen LogP contribution in [0.25, 0.3) is 0 Å².